The molecule has 0 fully saturated rings. The predicted molar refractivity (Wildman–Crippen MR) is 194 cm³/mol. The number of fused-ring (bicyclic) bond motifs is 7. The van der Waals surface area contributed by atoms with Crippen LogP contribution in [0.2, 0.25) is 0 Å². The van der Waals surface area contributed by atoms with Gasteiger partial charge in [-0.2, -0.15) is 0 Å². The number of rotatable bonds is 4. The van der Waals surface area contributed by atoms with Crippen molar-refractivity contribution in [2.24, 2.45) is 0 Å². The van der Waals surface area contributed by atoms with Gasteiger partial charge >= 0.3 is 0 Å². The molecule has 0 bridgehead atoms. The van der Waals surface area contributed by atoms with Gasteiger partial charge < -0.3 is 8.83 Å². The second-order valence-corrected chi connectivity index (χ2v) is 12.0. The highest BCUT2D eigenvalue weighted by Crippen LogP contribution is 2.41. The van der Waals surface area contributed by atoms with Crippen molar-refractivity contribution < 1.29 is 8.83 Å². The molecule has 224 valence electrons. The van der Waals surface area contributed by atoms with E-state index in [-0.39, 0.29) is 0 Å². The van der Waals surface area contributed by atoms with Crippen LogP contribution in [0.1, 0.15) is 0 Å². The number of furan rings is 2. The van der Waals surface area contributed by atoms with Crippen molar-refractivity contribution in [3.63, 3.8) is 0 Å². The largest absolute Gasteiger partial charge is 0.456 e. The zero-order valence-electron chi connectivity index (χ0n) is 25.6. The Labute approximate surface area is 274 Å². The van der Waals surface area contributed by atoms with Gasteiger partial charge in [0.2, 0.25) is 0 Å². The van der Waals surface area contributed by atoms with E-state index in [2.05, 4.69) is 66.7 Å². The fourth-order valence-electron chi connectivity index (χ4n) is 6.78. The number of para-hydroxylation sites is 2. The SMILES string of the molecule is c1ccc(-c2nc(-c3ccc4ccccc4c3)nc(-c3cc(-c4ccc5c(c4)oc4ccccc45)c4c(c3)oc3ccccc34)n2)cc1. The Kier molecular flexibility index (Phi) is 5.81. The zero-order valence-corrected chi connectivity index (χ0v) is 25.6. The maximum absolute atomic E-state index is 6.50. The first-order valence-corrected chi connectivity index (χ1v) is 15.9. The van der Waals surface area contributed by atoms with E-state index in [1.165, 1.54) is 5.39 Å². The van der Waals surface area contributed by atoms with Crippen molar-refractivity contribution in [1.29, 1.82) is 0 Å². The van der Waals surface area contributed by atoms with Crippen molar-refractivity contribution in [1.82, 2.24) is 15.0 Å². The lowest BCUT2D eigenvalue weighted by atomic mass is 9.96. The van der Waals surface area contributed by atoms with Crippen LogP contribution in [0, 0.1) is 0 Å². The van der Waals surface area contributed by atoms with Crippen LogP contribution >= 0.6 is 0 Å². The van der Waals surface area contributed by atoms with Crippen LogP contribution in [-0.2, 0) is 0 Å². The minimum Gasteiger partial charge on any atom is -0.456 e. The summed E-state index contributed by atoms with van der Waals surface area (Å²) >= 11 is 0. The van der Waals surface area contributed by atoms with Crippen LogP contribution in [0.4, 0.5) is 0 Å². The molecule has 0 aliphatic carbocycles. The summed E-state index contributed by atoms with van der Waals surface area (Å²) in [6, 6.07) is 51.7. The normalized spacial score (nSPS) is 11.8. The molecule has 0 unspecified atom stereocenters. The Bertz CT molecular complexity index is 2850. The second kappa shape index (κ2) is 10.5. The Balaban J connectivity index is 1.23. The molecule has 0 saturated carbocycles. The van der Waals surface area contributed by atoms with Crippen LogP contribution in [-0.4, -0.2) is 15.0 Å². The van der Waals surface area contributed by atoms with Gasteiger partial charge in [-0.3, -0.25) is 0 Å². The molecule has 5 nitrogen and oxygen atoms in total. The Hall–Kier alpha value is -6.59. The number of aromatic nitrogens is 3. The molecular weight excluding hydrogens is 590 g/mol. The van der Waals surface area contributed by atoms with E-state index in [1.807, 2.05) is 84.9 Å². The summed E-state index contributed by atoms with van der Waals surface area (Å²) in [5.41, 5.74) is 8.02. The third-order valence-corrected chi connectivity index (χ3v) is 9.10. The lowest BCUT2D eigenvalue weighted by molar-refractivity contribution is 0.668. The molecular formula is C43H25N3O2. The first kappa shape index (κ1) is 26.6. The minimum atomic E-state index is 0.570. The summed E-state index contributed by atoms with van der Waals surface area (Å²) in [6.45, 7) is 0. The molecule has 7 aromatic carbocycles. The van der Waals surface area contributed by atoms with Crippen molar-refractivity contribution >= 4 is 54.6 Å². The third kappa shape index (κ3) is 4.29. The van der Waals surface area contributed by atoms with Crippen LogP contribution in [0.3, 0.4) is 0 Å². The van der Waals surface area contributed by atoms with Gasteiger partial charge in [-0.15, -0.1) is 0 Å². The zero-order chi connectivity index (χ0) is 31.6. The smallest absolute Gasteiger partial charge is 0.164 e. The average molecular weight is 616 g/mol. The first-order chi connectivity index (χ1) is 23.7. The Morgan fingerprint density at radius 3 is 1.75 bits per heavy atom. The first-order valence-electron chi connectivity index (χ1n) is 15.9. The molecule has 0 atom stereocenters. The van der Waals surface area contributed by atoms with E-state index in [9.17, 15) is 0 Å². The molecule has 0 spiro atoms. The van der Waals surface area contributed by atoms with Gasteiger partial charge in [-0.25, -0.2) is 15.0 Å². The van der Waals surface area contributed by atoms with Crippen LogP contribution in [0.25, 0.3) is 99.9 Å². The lowest BCUT2D eigenvalue weighted by Crippen LogP contribution is -2.00. The van der Waals surface area contributed by atoms with E-state index in [0.29, 0.717) is 17.5 Å². The van der Waals surface area contributed by atoms with Crippen molar-refractivity contribution in [2.75, 3.05) is 0 Å². The van der Waals surface area contributed by atoms with Crippen molar-refractivity contribution in [2.45, 2.75) is 0 Å². The summed E-state index contributed by atoms with van der Waals surface area (Å²) in [6.07, 6.45) is 0. The molecule has 0 radical (unpaired) electrons. The van der Waals surface area contributed by atoms with Gasteiger partial charge in [-0.1, -0.05) is 109 Å². The summed E-state index contributed by atoms with van der Waals surface area (Å²) in [5.74, 6) is 1.79. The van der Waals surface area contributed by atoms with E-state index < -0.39 is 0 Å². The highest BCUT2D eigenvalue weighted by molar-refractivity contribution is 6.14. The molecule has 48 heavy (non-hydrogen) atoms. The van der Waals surface area contributed by atoms with Gasteiger partial charge in [0.05, 0.1) is 0 Å². The van der Waals surface area contributed by atoms with Crippen LogP contribution in [0.5, 0.6) is 0 Å². The van der Waals surface area contributed by atoms with E-state index in [0.717, 1.165) is 77.1 Å². The highest BCUT2D eigenvalue weighted by atomic mass is 16.3. The molecule has 0 N–H and O–H groups in total. The quantitative estimate of drug-likeness (QED) is 0.197. The molecule has 5 heteroatoms. The summed E-state index contributed by atoms with van der Waals surface area (Å²) in [7, 11) is 0. The molecule has 0 amide bonds. The van der Waals surface area contributed by atoms with Gasteiger partial charge in [0.25, 0.3) is 0 Å². The van der Waals surface area contributed by atoms with Crippen molar-refractivity contribution in [3.05, 3.63) is 152 Å². The number of hydrogen-bond acceptors (Lipinski definition) is 5. The van der Waals surface area contributed by atoms with E-state index in [1.54, 1.807) is 0 Å². The molecule has 10 rings (SSSR count). The monoisotopic (exact) mass is 615 g/mol. The van der Waals surface area contributed by atoms with Gasteiger partial charge in [0, 0.05) is 38.2 Å². The fraction of sp³-hybridized carbons (Fsp3) is 0. The summed E-state index contributed by atoms with van der Waals surface area (Å²) in [5, 5.41) is 6.58. The maximum Gasteiger partial charge on any atom is 0.164 e. The number of nitrogens with zero attached hydrogens (tertiary/aromatic N) is 3. The summed E-state index contributed by atoms with van der Waals surface area (Å²) in [4.78, 5) is 15.1. The molecule has 0 aliphatic rings. The number of hydrogen-bond donors (Lipinski definition) is 0. The van der Waals surface area contributed by atoms with Crippen LogP contribution in [0.15, 0.2) is 160 Å². The molecule has 10 aromatic rings. The lowest BCUT2D eigenvalue weighted by Gasteiger charge is -2.11. The minimum absolute atomic E-state index is 0.570. The topological polar surface area (TPSA) is 65.0 Å². The Morgan fingerprint density at radius 2 is 0.917 bits per heavy atom. The molecule has 3 aromatic heterocycles. The van der Waals surface area contributed by atoms with Gasteiger partial charge in [0.15, 0.2) is 17.5 Å². The van der Waals surface area contributed by atoms with Gasteiger partial charge in [-0.05, 0) is 64.4 Å². The Morgan fingerprint density at radius 1 is 0.333 bits per heavy atom. The maximum atomic E-state index is 6.50. The average Bonchev–Trinajstić information content (AvgIpc) is 3.72. The highest BCUT2D eigenvalue weighted by Gasteiger charge is 2.19. The van der Waals surface area contributed by atoms with E-state index in [4.69, 9.17) is 23.8 Å². The second-order valence-electron chi connectivity index (χ2n) is 12.0. The fourth-order valence-corrected chi connectivity index (χ4v) is 6.78. The standard InChI is InChI=1S/C43H25N3O2/c1-2-11-27(12-3-1)41-44-42(30-19-18-26-10-4-5-13-28(26)22-30)46-43(45-41)31-23-35(40-34-15-7-9-17-37(34)48-39(40)25-31)29-20-21-33-32-14-6-8-16-36(32)47-38(33)24-29/h1-25H. The number of benzene rings is 7. The third-order valence-electron chi connectivity index (χ3n) is 9.10. The molecule has 0 saturated heterocycles. The summed E-state index contributed by atoms with van der Waals surface area (Å²) < 4.78 is 12.8. The van der Waals surface area contributed by atoms with E-state index >= 15 is 0 Å². The molecule has 0 aliphatic heterocycles. The van der Waals surface area contributed by atoms with Crippen molar-refractivity contribution in [3.8, 4) is 45.3 Å². The van der Waals surface area contributed by atoms with Gasteiger partial charge in [0.1, 0.15) is 22.3 Å². The van der Waals surface area contributed by atoms with Crippen LogP contribution < -0.4 is 0 Å². The molecule has 3 heterocycles. The predicted octanol–water partition coefficient (Wildman–Crippen LogP) is 11.5.